The molecule has 0 spiro atoms. The molecule has 2 atom stereocenters. The number of carbonyl (C=O) groups excluding carboxylic acids is 1. The predicted octanol–water partition coefficient (Wildman–Crippen LogP) is 2.55. The molecule has 0 bridgehead atoms. The van der Waals surface area contributed by atoms with Crippen LogP contribution in [0, 0.1) is 5.92 Å². The van der Waals surface area contributed by atoms with E-state index in [-0.39, 0.29) is 11.8 Å². The third-order valence-electron chi connectivity index (χ3n) is 3.45. The van der Waals surface area contributed by atoms with Gasteiger partial charge in [-0.2, -0.15) is 0 Å². The maximum Gasteiger partial charge on any atom is 0.241 e. The molecule has 0 unspecified atom stereocenters. The number of hydrogen-bond donors (Lipinski definition) is 2. The summed E-state index contributed by atoms with van der Waals surface area (Å²) in [7, 11) is 0. The summed E-state index contributed by atoms with van der Waals surface area (Å²) in [6.45, 7) is 4.00. The van der Waals surface area contributed by atoms with Crippen LogP contribution in [-0.2, 0) is 4.79 Å². The smallest absolute Gasteiger partial charge is 0.241 e. The van der Waals surface area contributed by atoms with Gasteiger partial charge in [-0.05, 0) is 18.1 Å². The summed E-state index contributed by atoms with van der Waals surface area (Å²) in [6.07, 6.45) is 2.59. The highest BCUT2D eigenvalue weighted by Crippen LogP contribution is 2.21. The first-order valence-corrected chi connectivity index (χ1v) is 6.53. The summed E-state index contributed by atoms with van der Waals surface area (Å²) in [4.78, 5) is 16.4. The first-order valence-electron chi connectivity index (χ1n) is 6.53. The second kappa shape index (κ2) is 5.80. The first kappa shape index (κ1) is 13.5. The fourth-order valence-corrected chi connectivity index (χ4v) is 1.93. The molecule has 4 nitrogen and oxygen atoms in total. The Balaban J connectivity index is 2.24. The van der Waals surface area contributed by atoms with E-state index in [1.165, 1.54) is 0 Å². The van der Waals surface area contributed by atoms with Crippen molar-refractivity contribution < 1.29 is 4.79 Å². The summed E-state index contributed by atoms with van der Waals surface area (Å²) in [6, 6.07) is 9.05. The van der Waals surface area contributed by atoms with Crippen molar-refractivity contribution in [3.63, 3.8) is 0 Å². The van der Waals surface area contributed by atoms with Crippen molar-refractivity contribution >= 4 is 22.5 Å². The van der Waals surface area contributed by atoms with Gasteiger partial charge in [-0.15, -0.1) is 0 Å². The van der Waals surface area contributed by atoms with E-state index in [0.29, 0.717) is 5.69 Å². The summed E-state index contributed by atoms with van der Waals surface area (Å²) in [5, 5.41) is 3.87. The zero-order chi connectivity index (χ0) is 13.8. The van der Waals surface area contributed by atoms with E-state index >= 15 is 0 Å². The van der Waals surface area contributed by atoms with Gasteiger partial charge in [-0.3, -0.25) is 9.78 Å². The van der Waals surface area contributed by atoms with Crippen LogP contribution >= 0.6 is 0 Å². The lowest BCUT2D eigenvalue weighted by Crippen LogP contribution is -2.40. The number of rotatable bonds is 4. The summed E-state index contributed by atoms with van der Waals surface area (Å²) >= 11 is 0. The van der Waals surface area contributed by atoms with Crippen molar-refractivity contribution in [2.45, 2.75) is 26.3 Å². The molecule has 1 amide bonds. The van der Waals surface area contributed by atoms with E-state index in [1.54, 1.807) is 6.20 Å². The number of para-hydroxylation sites is 1. The van der Waals surface area contributed by atoms with E-state index in [1.807, 2.05) is 44.2 Å². The zero-order valence-electron chi connectivity index (χ0n) is 11.3. The minimum atomic E-state index is -0.496. The van der Waals surface area contributed by atoms with Gasteiger partial charge >= 0.3 is 0 Å². The van der Waals surface area contributed by atoms with Crippen molar-refractivity contribution in [2.24, 2.45) is 11.7 Å². The molecular weight excluding hydrogens is 238 g/mol. The Bertz CT molecular complexity index is 577. The molecule has 2 aromatic rings. The van der Waals surface area contributed by atoms with Crippen molar-refractivity contribution in [3.05, 3.63) is 36.5 Å². The van der Waals surface area contributed by atoms with E-state index in [2.05, 4.69) is 10.3 Å². The topological polar surface area (TPSA) is 68.0 Å². The Morgan fingerprint density at radius 3 is 2.84 bits per heavy atom. The SMILES string of the molecule is CC[C@H](C)[C@H](N)C(=O)Nc1cccc2cccnc12. The van der Waals surface area contributed by atoms with Crippen LogP contribution in [0.25, 0.3) is 10.9 Å². The monoisotopic (exact) mass is 257 g/mol. The van der Waals surface area contributed by atoms with Crippen LogP contribution in [0.3, 0.4) is 0 Å². The van der Waals surface area contributed by atoms with E-state index in [9.17, 15) is 4.79 Å². The number of hydrogen-bond acceptors (Lipinski definition) is 3. The Hall–Kier alpha value is -1.94. The number of amides is 1. The zero-order valence-corrected chi connectivity index (χ0v) is 11.3. The molecule has 100 valence electrons. The average molecular weight is 257 g/mol. The molecule has 0 saturated heterocycles. The normalized spacial score (nSPS) is 14.1. The third-order valence-corrected chi connectivity index (χ3v) is 3.45. The molecular formula is C15H19N3O. The molecule has 0 fully saturated rings. The molecule has 1 heterocycles. The second-order valence-corrected chi connectivity index (χ2v) is 4.78. The number of fused-ring (bicyclic) bond motifs is 1. The number of anilines is 1. The maximum absolute atomic E-state index is 12.1. The summed E-state index contributed by atoms with van der Waals surface area (Å²) in [5.41, 5.74) is 7.43. The summed E-state index contributed by atoms with van der Waals surface area (Å²) in [5.74, 6) is -0.00422. The highest BCUT2D eigenvalue weighted by molar-refractivity contribution is 6.02. The van der Waals surface area contributed by atoms with E-state index in [4.69, 9.17) is 5.73 Å². The van der Waals surface area contributed by atoms with Crippen LogP contribution < -0.4 is 11.1 Å². The van der Waals surface area contributed by atoms with Crippen molar-refractivity contribution in [1.29, 1.82) is 0 Å². The quantitative estimate of drug-likeness (QED) is 0.884. The highest BCUT2D eigenvalue weighted by Gasteiger charge is 2.20. The number of pyridine rings is 1. The minimum absolute atomic E-state index is 0.155. The predicted molar refractivity (Wildman–Crippen MR) is 77.8 cm³/mol. The Labute approximate surface area is 113 Å². The second-order valence-electron chi connectivity index (χ2n) is 4.78. The van der Waals surface area contributed by atoms with Gasteiger partial charge in [-0.25, -0.2) is 0 Å². The fourth-order valence-electron chi connectivity index (χ4n) is 1.93. The van der Waals surface area contributed by atoms with Crippen LogP contribution in [0.1, 0.15) is 20.3 Å². The molecule has 0 aliphatic rings. The molecule has 0 aliphatic carbocycles. The Kier molecular flexibility index (Phi) is 4.12. The largest absolute Gasteiger partial charge is 0.323 e. The molecule has 2 rings (SSSR count). The van der Waals surface area contributed by atoms with Crippen molar-refractivity contribution in [2.75, 3.05) is 5.32 Å². The third kappa shape index (κ3) is 2.90. The number of benzene rings is 1. The van der Waals surface area contributed by atoms with E-state index in [0.717, 1.165) is 17.3 Å². The molecule has 0 aliphatic heterocycles. The molecule has 1 aromatic carbocycles. The lowest BCUT2D eigenvalue weighted by Gasteiger charge is -2.18. The standard InChI is InChI=1S/C15H19N3O/c1-3-10(2)13(16)15(19)18-12-8-4-6-11-7-5-9-17-14(11)12/h4-10,13H,3,16H2,1-2H3,(H,18,19)/t10-,13-/m0/s1. The Morgan fingerprint density at radius 1 is 1.37 bits per heavy atom. The van der Waals surface area contributed by atoms with E-state index < -0.39 is 6.04 Å². The number of carbonyl (C=O) groups is 1. The minimum Gasteiger partial charge on any atom is -0.323 e. The molecule has 4 heteroatoms. The van der Waals surface area contributed by atoms with Crippen molar-refractivity contribution in [1.82, 2.24) is 4.98 Å². The molecule has 1 aromatic heterocycles. The number of nitrogens with one attached hydrogen (secondary N) is 1. The summed E-state index contributed by atoms with van der Waals surface area (Å²) < 4.78 is 0. The van der Waals surface area contributed by atoms with Gasteiger partial charge in [0.2, 0.25) is 5.91 Å². The van der Waals surface area contributed by atoms with Crippen LogP contribution in [0.2, 0.25) is 0 Å². The van der Waals surface area contributed by atoms with Crippen molar-refractivity contribution in [3.8, 4) is 0 Å². The number of aromatic nitrogens is 1. The maximum atomic E-state index is 12.1. The number of nitrogens with two attached hydrogens (primary N) is 1. The lowest BCUT2D eigenvalue weighted by molar-refractivity contribution is -0.118. The van der Waals surface area contributed by atoms with Gasteiger partial charge < -0.3 is 11.1 Å². The highest BCUT2D eigenvalue weighted by atomic mass is 16.2. The van der Waals surface area contributed by atoms with Gasteiger partial charge in [0.25, 0.3) is 0 Å². The lowest BCUT2D eigenvalue weighted by atomic mass is 9.99. The van der Waals surface area contributed by atoms with Gasteiger partial charge in [0.15, 0.2) is 0 Å². The fraction of sp³-hybridized carbons (Fsp3) is 0.333. The molecule has 0 radical (unpaired) electrons. The van der Waals surface area contributed by atoms with Crippen LogP contribution in [-0.4, -0.2) is 16.9 Å². The van der Waals surface area contributed by atoms with Crippen LogP contribution in [0.4, 0.5) is 5.69 Å². The van der Waals surface area contributed by atoms with Gasteiger partial charge in [-0.1, -0.05) is 38.5 Å². The number of nitrogens with zero attached hydrogens (tertiary/aromatic N) is 1. The Morgan fingerprint density at radius 2 is 2.11 bits per heavy atom. The average Bonchev–Trinajstić information content (AvgIpc) is 2.46. The molecule has 19 heavy (non-hydrogen) atoms. The van der Waals surface area contributed by atoms with Gasteiger partial charge in [0.1, 0.15) is 0 Å². The van der Waals surface area contributed by atoms with Gasteiger partial charge in [0.05, 0.1) is 17.2 Å². The van der Waals surface area contributed by atoms with Crippen LogP contribution in [0.15, 0.2) is 36.5 Å². The molecule has 0 saturated carbocycles. The molecule has 3 N–H and O–H groups in total. The van der Waals surface area contributed by atoms with Crippen LogP contribution in [0.5, 0.6) is 0 Å². The van der Waals surface area contributed by atoms with Gasteiger partial charge in [0, 0.05) is 11.6 Å². The first-order chi connectivity index (χ1) is 9.13.